The summed E-state index contributed by atoms with van der Waals surface area (Å²) < 4.78 is 10.3. The van der Waals surface area contributed by atoms with Gasteiger partial charge in [0.15, 0.2) is 6.29 Å². The van der Waals surface area contributed by atoms with Gasteiger partial charge >= 0.3 is 0 Å². The highest BCUT2D eigenvalue weighted by atomic mass is 16.7. The van der Waals surface area contributed by atoms with Crippen molar-refractivity contribution in [3.63, 3.8) is 0 Å². The maximum atomic E-state index is 5.16. The summed E-state index contributed by atoms with van der Waals surface area (Å²) in [4.78, 5) is 0. The van der Waals surface area contributed by atoms with E-state index in [-0.39, 0.29) is 6.29 Å². The van der Waals surface area contributed by atoms with Crippen LogP contribution in [0.3, 0.4) is 0 Å². The monoisotopic (exact) mass is 215 g/mol. The van der Waals surface area contributed by atoms with Crippen molar-refractivity contribution in [2.75, 3.05) is 20.8 Å². The Morgan fingerprint density at radius 2 is 1.93 bits per heavy atom. The minimum absolute atomic E-state index is 0.113. The lowest BCUT2D eigenvalue weighted by molar-refractivity contribution is -0.100. The van der Waals surface area contributed by atoms with E-state index >= 15 is 0 Å². The van der Waals surface area contributed by atoms with Gasteiger partial charge in [-0.15, -0.1) is 0 Å². The topological polar surface area (TPSA) is 30.5 Å². The molecule has 0 aromatic heterocycles. The highest BCUT2D eigenvalue weighted by Gasteiger charge is 2.31. The van der Waals surface area contributed by atoms with Gasteiger partial charge in [-0.05, 0) is 24.7 Å². The quantitative estimate of drug-likeness (QED) is 0.688. The van der Waals surface area contributed by atoms with Crippen molar-refractivity contribution < 1.29 is 9.47 Å². The Kier molecular flexibility index (Phi) is 5.58. The summed E-state index contributed by atoms with van der Waals surface area (Å²) in [5, 5.41) is 3.55. The molecule has 0 amide bonds. The summed E-state index contributed by atoms with van der Waals surface area (Å²) in [5.41, 5.74) is 0. The Hall–Kier alpha value is -0.120. The summed E-state index contributed by atoms with van der Waals surface area (Å²) in [7, 11) is 3.37. The van der Waals surface area contributed by atoms with Crippen LogP contribution in [-0.4, -0.2) is 33.1 Å². The van der Waals surface area contributed by atoms with Crippen molar-refractivity contribution in [2.24, 2.45) is 11.8 Å². The molecule has 90 valence electrons. The molecule has 3 atom stereocenters. The number of hydrogen-bond acceptors (Lipinski definition) is 3. The van der Waals surface area contributed by atoms with E-state index < -0.39 is 0 Å². The molecule has 1 rings (SSSR count). The molecular weight excluding hydrogens is 190 g/mol. The molecule has 1 aliphatic carbocycles. The summed E-state index contributed by atoms with van der Waals surface area (Å²) in [6, 6.07) is 0.641. The van der Waals surface area contributed by atoms with E-state index in [9.17, 15) is 0 Å². The van der Waals surface area contributed by atoms with Crippen LogP contribution in [-0.2, 0) is 9.47 Å². The number of nitrogens with one attached hydrogen (secondary N) is 1. The molecule has 0 heterocycles. The third-order valence-corrected chi connectivity index (χ3v) is 3.82. The zero-order valence-corrected chi connectivity index (χ0v) is 10.5. The van der Waals surface area contributed by atoms with Crippen LogP contribution in [0.1, 0.15) is 33.1 Å². The van der Waals surface area contributed by atoms with E-state index in [1.807, 2.05) is 0 Å². The van der Waals surface area contributed by atoms with Crippen LogP contribution in [0.5, 0.6) is 0 Å². The molecule has 15 heavy (non-hydrogen) atoms. The third kappa shape index (κ3) is 3.44. The lowest BCUT2D eigenvalue weighted by atomic mass is 9.93. The molecule has 3 nitrogen and oxygen atoms in total. The second-order valence-corrected chi connectivity index (χ2v) is 4.52. The predicted molar refractivity (Wildman–Crippen MR) is 61.8 cm³/mol. The number of methoxy groups -OCH3 is 2. The zero-order valence-electron chi connectivity index (χ0n) is 10.5. The fourth-order valence-electron chi connectivity index (χ4n) is 2.62. The summed E-state index contributed by atoms with van der Waals surface area (Å²) in [6.45, 7) is 5.43. The maximum Gasteiger partial charge on any atom is 0.169 e. The average molecular weight is 215 g/mol. The molecule has 1 aliphatic rings. The van der Waals surface area contributed by atoms with Crippen LogP contribution in [0.2, 0.25) is 0 Å². The van der Waals surface area contributed by atoms with E-state index in [4.69, 9.17) is 9.47 Å². The number of hydrogen-bond donors (Lipinski definition) is 1. The highest BCUT2D eigenvalue weighted by molar-refractivity contribution is 4.86. The van der Waals surface area contributed by atoms with Gasteiger partial charge in [-0.2, -0.15) is 0 Å². The summed E-state index contributed by atoms with van der Waals surface area (Å²) in [6.07, 6.45) is 3.84. The molecule has 0 aromatic rings. The molecular formula is C12H25NO2. The van der Waals surface area contributed by atoms with Gasteiger partial charge in [0.2, 0.25) is 0 Å². The molecule has 1 fully saturated rings. The smallest absolute Gasteiger partial charge is 0.169 e. The van der Waals surface area contributed by atoms with Crippen molar-refractivity contribution in [3.05, 3.63) is 0 Å². The molecule has 3 heteroatoms. The first-order chi connectivity index (χ1) is 7.22. The van der Waals surface area contributed by atoms with E-state index in [0.717, 1.165) is 18.4 Å². The fourth-order valence-corrected chi connectivity index (χ4v) is 2.62. The summed E-state index contributed by atoms with van der Waals surface area (Å²) >= 11 is 0. The molecule has 0 spiro atoms. The molecule has 0 aliphatic heterocycles. The summed E-state index contributed by atoms with van der Waals surface area (Å²) in [5.74, 6) is 1.68. The maximum absolute atomic E-state index is 5.16. The Bertz CT molecular complexity index is 171. The Morgan fingerprint density at radius 1 is 1.27 bits per heavy atom. The lowest BCUT2D eigenvalue weighted by Crippen LogP contribution is -2.39. The van der Waals surface area contributed by atoms with Crippen molar-refractivity contribution in [2.45, 2.75) is 45.4 Å². The molecule has 3 unspecified atom stereocenters. The molecule has 1 saturated carbocycles. The van der Waals surface area contributed by atoms with Crippen LogP contribution in [0, 0.1) is 11.8 Å². The molecule has 0 aromatic carbocycles. The Morgan fingerprint density at radius 3 is 2.40 bits per heavy atom. The van der Waals surface area contributed by atoms with Gasteiger partial charge in [-0.3, -0.25) is 0 Å². The normalized spacial score (nSPS) is 31.4. The van der Waals surface area contributed by atoms with Crippen LogP contribution in [0.25, 0.3) is 0 Å². The van der Waals surface area contributed by atoms with Crippen molar-refractivity contribution in [1.29, 1.82) is 0 Å². The van der Waals surface area contributed by atoms with Gasteiger partial charge in [0.1, 0.15) is 0 Å². The average Bonchev–Trinajstić information content (AvgIpc) is 2.61. The first kappa shape index (κ1) is 12.9. The van der Waals surface area contributed by atoms with Crippen molar-refractivity contribution in [3.8, 4) is 0 Å². The fraction of sp³-hybridized carbons (Fsp3) is 1.00. The SMILES string of the molecule is CCC1CCC(NCC(OC)OC)C1C. The minimum atomic E-state index is -0.113. The van der Waals surface area contributed by atoms with Crippen LogP contribution in [0.4, 0.5) is 0 Å². The second-order valence-electron chi connectivity index (χ2n) is 4.52. The second kappa shape index (κ2) is 6.46. The Labute approximate surface area is 93.5 Å². The van der Waals surface area contributed by atoms with Gasteiger partial charge in [0, 0.05) is 26.8 Å². The lowest BCUT2D eigenvalue weighted by Gasteiger charge is -2.23. The standard InChI is InChI=1S/C12H25NO2/c1-5-10-6-7-11(9(10)2)13-8-12(14-3)15-4/h9-13H,5-8H2,1-4H3. The molecule has 0 radical (unpaired) electrons. The van der Waals surface area contributed by atoms with Gasteiger partial charge in [0.25, 0.3) is 0 Å². The van der Waals surface area contributed by atoms with E-state index in [2.05, 4.69) is 19.2 Å². The van der Waals surface area contributed by atoms with Crippen LogP contribution < -0.4 is 5.32 Å². The van der Waals surface area contributed by atoms with E-state index in [1.54, 1.807) is 14.2 Å². The molecule has 0 saturated heterocycles. The Balaban J connectivity index is 2.27. The third-order valence-electron chi connectivity index (χ3n) is 3.82. The predicted octanol–water partition coefficient (Wildman–Crippen LogP) is 2.02. The van der Waals surface area contributed by atoms with E-state index in [0.29, 0.717) is 6.04 Å². The zero-order chi connectivity index (χ0) is 11.3. The number of rotatable bonds is 6. The first-order valence-electron chi connectivity index (χ1n) is 6.01. The molecule has 0 bridgehead atoms. The van der Waals surface area contributed by atoms with E-state index in [1.165, 1.54) is 19.3 Å². The van der Waals surface area contributed by atoms with Crippen LogP contribution in [0.15, 0.2) is 0 Å². The van der Waals surface area contributed by atoms with Crippen molar-refractivity contribution >= 4 is 0 Å². The van der Waals surface area contributed by atoms with Gasteiger partial charge in [-0.1, -0.05) is 20.3 Å². The molecule has 1 N–H and O–H groups in total. The van der Waals surface area contributed by atoms with Gasteiger partial charge in [0.05, 0.1) is 0 Å². The van der Waals surface area contributed by atoms with Gasteiger partial charge in [-0.25, -0.2) is 0 Å². The minimum Gasteiger partial charge on any atom is -0.355 e. The van der Waals surface area contributed by atoms with Crippen molar-refractivity contribution in [1.82, 2.24) is 5.32 Å². The largest absolute Gasteiger partial charge is 0.355 e. The van der Waals surface area contributed by atoms with Crippen LogP contribution >= 0.6 is 0 Å². The highest BCUT2D eigenvalue weighted by Crippen LogP contribution is 2.33. The van der Waals surface area contributed by atoms with Gasteiger partial charge < -0.3 is 14.8 Å². The number of ether oxygens (including phenoxy) is 2. The first-order valence-corrected chi connectivity index (χ1v) is 6.01.